The summed E-state index contributed by atoms with van der Waals surface area (Å²) in [7, 11) is 1.67. The Balaban J connectivity index is 1.90. The molecule has 2 heterocycles. The van der Waals surface area contributed by atoms with Crippen molar-refractivity contribution in [3.05, 3.63) is 75.3 Å². The summed E-state index contributed by atoms with van der Waals surface area (Å²) in [5, 5.41) is 0. The molecule has 0 N–H and O–H groups in total. The minimum Gasteiger partial charge on any atom is -0.496 e. The van der Waals surface area contributed by atoms with Crippen LogP contribution in [0.25, 0.3) is 17.3 Å². The summed E-state index contributed by atoms with van der Waals surface area (Å²) < 4.78 is 7.07. The van der Waals surface area contributed by atoms with Crippen molar-refractivity contribution in [1.82, 2.24) is 9.38 Å². The molecule has 1 aliphatic rings. The maximum absolute atomic E-state index is 12.8. The molecule has 120 valence electrons. The van der Waals surface area contributed by atoms with E-state index in [-0.39, 0.29) is 5.56 Å². The van der Waals surface area contributed by atoms with Crippen molar-refractivity contribution in [2.75, 3.05) is 7.11 Å². The highest BCUT2D eigenvalue weighted by Crippen LogP contribution is 2.32. The lowest BCUT2D eigenvalue weighted by Crippen LogP contribution is -2.19. The van der Waals surface area contributed by atoms with Crippen LogP contribution in [0.3, 0.4) is 0 Å². The average Bonchev–Trinajstić information content (AvgIpc) is 2.99. The first-order valence-corrected chi connectivity index (χ1v) is 8.03. The predicted molar refractivity (Wildman–Crippen MR) is 95.4 cm³/mol. The number of benzene rings is 1. The van der Waals surface area contributed by atoms with E-state index >= 15 is 0 Å². The van der Waals surface area contributed by atoms with Crippen molar-refractivity contribution in [1.29, 1.82) is 0 Å². The molecule has 0 amide bonds. The molecule has 4 rings (SSSR count). The normalized spacial score (nSPS) is 15.0. The maximum Gasteiger partial charge on any atom is 0.261 e. The number of pyridine rings is 1. The van der Waals surface area contributed by atoms with Gasteiger partial charge in [0.1, 0.15) is 11.4 Å². The van der Waals surface area contributed by atoms with Crippen LogP contribution >= 0.6 is 0 Å². The first kappa shape index (κ1) is 14.7. The molecule has 1 aromatic carbocycles. The topological polar surface area (TPSA) is 43.6 Å². The van der Waals surface area contributed by atoms with Gasteiger partial charge in [0.2, 0.25) is 0 Å². The van der Waals surface area contributed by atoms with E-state index in [2.05, 4.69) is 6.08 Å². The lowest BCUT2D eigenvalue weighted by atomic mass is 10.1. The van der Waals surface area contributed by atoms with Gasteiger partial charge in [-0.2, -0.15) is 0 Å². The van der Waals surface area contributed by atoms with Gasteiger partial charge in [0.05, 0.1) is 12.8 Å². The molecule has 4 heteroatoms. The number of rotatable bonds is 2. The fourth-order valence-corrected chi connectivity index (χ4v) is 3.26. The smallest absolute Gasteiger partial charge is 0.261 e. The van der Waals surface area contributed by atoms with Crippen LogP contribution < -0.4 is 10.3 Å². The summed E-state index contributed by atoms with van der Waals surface area (Å²) in [6.07, 6.45) is 5.50. The zero-order valence-corrected chi connectivity index (χ0v) is 13.7. The summed E-state index contributed by atoms with van der Waals surface area (Å²) in [5.41, 5.74) is 5.52. The Morgan fingerprint density at radius 1 is 1.17 bits per heavy atom. The first-order chi connectivity index (χ1) is 11.7. The van der Waals surface area contributed by atoms with E-state index in [1.807, 2.05) is 49.5 Å². The summed E-state index contributed by atoms with van der Waals surface area (Å²) in [4.78, 5) is 17.5. The molecule has 0 unspecified atom stereocenters. The van der Waals surface area contributed by atoms with Crippen molar-refractivity contribution in [3.63, 3.8) is 0 Å². The number of methoxy groups -OCH3 is 1. The number of hydrogen-bond donors (Lipinski definition) is 0. The summed E-state index contributed by atoms with van der Waals surface area (Å²) in [5.74, 6) is 0.826. The fourth-order valence-electron chi connectivity index (χ4n) is 3.26. The second-order valence-corrected chi connectivity index (χ2v) is 6.09. The van der Waals surface area contributed by atoms with Crippen LogP contribution in [-0.4, -0.2) is 16.5 Å². The van der Waals surface area contributed by atoms with Crippen LogP contribution in [0.4, 0.5) is 0 Å². The van der Waals surface area contributed by atoms with Crippen LogP contribution in [0.2, 0.25) is 0 Å². The summed E-state index contributed by atoms with van der Waals surface area (Å²) in [6.45, 7) is 1.98. The van der Waals surface area contributed by atoms with E-state index in [4.69, 9.17) is 9.72 Å². The van der Waals surface area contributed by atoms with Crippen LogP contribution in [-0.2, 0) is 6.42 Å². The third-order valence-electron chi connectivity index (χ3n) is 4.48. The molecule has 4 nitrogen and oxygen atoms in total. The van der Waals surface area contributed by atoms with Gasteiger partial charge in [0.25, 0.3) is 5.56 Å². The Morgan fingerprint density at radius 2 is 2.00 bits per heavy atom. The second kappa shape index (κ2) is 5.64. The van der Waals surface area contributed by atoms with E-state index in [9.17, 15) is 4.79 Å². The average molecular weight is 318 g/mol. The number of aryl methyl sites for hydroxylation is 1. The molecular formula is C20H18N2O2. The molecule has 0 radical (unpaired) electrons. The maximum atomic E-state index is 12.8. The van der Waals surface area contributed by atoms with Gasteiger partial charge in [0.15, 0.2) is 0 Å². The van der Waals surface area contributed by atoms with Crippen molar-refractivity contribution >= 4 is 17.3 Å². The highest BCUT2D eigenvalue weighted by molar-refractivity contribution is 5.85. The zero-order valence-electron chi connectivity index (χ0n) is 13.7. The number of fused-ring (bicyclic) bond motifs is 2. The quantitative estimate of drug-likeness (QED) is 0.726. The molecule has 1 aliphatic carbocycles. The Kier molecular flexibility index (Phi) is 3.45. The van der Waals surface area contributed by atoms with Crippen molar-refractivity contribution in [2.24, 2.45) is 0 Å². The monoisotopic (exact) mass is 318 g/mol. The first-order valence-electron chi connectivity index (χ1n) is 8.03. The van der Waals surface area contributed by atoms with Crippen molar-refractivity contribution in [2.45, 2.75) is 19.8 Å². The van der Waals surface area contributed by atoms with Crippen LogP contribution in [0.1, 0.15) is 28.8 Å². The minimum absolute atomic E-state index is 0.0436. The standard InChI is InChI=1S/C20H18N2O2/c1-13-7-10-18-21-19-15(8-9-16(19)20(23)22(18)12-13)11-14-5-3-4-6-17(14)24-2/h3-7,10-12H,8-9H2,1-2H3/b15-11-. The number of ether oxygens (including phenoxy) is 1. The largest absolute Gasteiger partial charge is 0.496 e. The van der Waals surface area contributed by atoms with Gasteiger partial charge in [0, 0.05) is 17.3 Å². The number of para-hydroxylation sites is 1. The number of aromatic nitrogens is 2. The highest BCUT2D eigenvalue weighted by atomic mass is 16.5. The second-order valence-electron chi connectivity index (χ2n) is 6.09. The molecule has 0 atom stereocenters. The summed E-state index contributed by atoms with van der Waals surface area (Å²) in [6, 6.07) is 11.8. The molecule has 0 saturated carbocycles. The molecule has 0 aliphatic heterocycles. The van der Waals surface area contributed by atoms with E-state index in [1.54, 1.807) is 11.5 Å². The lowest BCUT2D eigenvalue weighted by Gasteiger charge is -2.07. The molecule has 3 aromatic rings. The molecule has 24 heavy (non-hydrogen) atoms. The van der Waals surface area contributed by atoms with E-state index in [0.717, 1.165) is 46.5 Å². The number of hydrogen-bond acceptors (Lipinski definition) is 3. The van der Waals surface area contributed by atoms with Gasteiger partial charge in [-0.15, -0.1) is 0 Å². The van der Waals surface area contributed by atoms with Gasteiger partial charge in [-0.05, 0) is 49.1 Å². The van der Waals surface area contributed by atoms with Crippen LogP contribution in [0.15, 0.2) is 47.4 Å². The Hall–Kier alpha value is -2.88. The van der Waals surface area contributed by atoms with Gasteiger partial charge in [-0.25, -0.2) is 4.98 Å². The number of nitrogens with zero attached hydrogens (tertiary/aromatic N) is 2. The molecule has 0 saturated heterocycles. The molecule has 0 bridgehead atoms. The predicted octanol–water partition coefficient (Wildman–Crippen LogP) is 3.50. The van der Waals surface area contributed by atoms with Crippen LogP contribution in [0, 0.1) is 6.92 Å². The fraction of sp³-hybridized carbons (Fsp3) is 0.200. The third-order valence-corrected chi connectivity index (χ3v) is 4.48. The van der Waals surface area contributed by atoms with Gasteiger partial charge in [-0.3, -0.25) is 9.20 Å². The highest BCUT2D eigenvalue weighted by Gasteiger charge is 2.23. The van der Waals surface area contributed by atoms with Crippen molar-refractivity contribution < 1.29 is 4.74 Å². The zero-order chi connectivity index (χ0) is 16.7. The Morgan fingerprint density at radius 3 is 2.83 bits per heavy atom. The SMILES string of the molecule is COc1ccccc1/C=C1/CCc2c1nc1ccc(C)cn1c2=O. The Labute approximate surface area is 140 Å². The van der Waals surface area contributed by atoms with Gasteiger partial charge < -0.3 is 4.74 Å². The molecule has 0 spiro atoms. The summed E-state index contributed by atoms with van der Waals surface area (Å²) >= 11 is 0. The molecule has 0 fully saturated rings. The molecular weight excluding hydrogens is 300 g/mol. The van der Waals surface area contributed by atoms with E-state index in [0.29, 0.717) is 5.65 Å². The molecule has 2 aromatic heterocycles. The third kappa shape index (κ3) is 2.31. The Bertz CT molecular complexity index is 1030. The van der Waals surface area contributed by atoms with E-state index in [1.165, 1.54) is 0 Å². The van der Waals surface area contributed by atoms with Crippen LogP contribution in [0.5, 0.6) is 5.75 Å². The van der Waals surface area contributed by atoms with Crippen molar-refractivity contribution in [3.8, 4) is 5.75 Å². The minimum atomic E-state index is 0.0436. The lowest BCUT2D eigenvalue weighted by molar-refractivity contribution is 0.414. The van der Waals surface area contributed by atoms with Gasteiger partial charge in [-0.1, -0.05) is 24.3 Å². The van der Waals surface area contributed by atoms with Gasteiger partial charge >= 0.3 is 0 Å². The number of allylic oxidation sites excluding steroid dienone is 1. The van der Waals surface area contributed by atoms with E-state index < -0.39 is 0 Å².